The molecule has 0 bridgehead atoms. The Kier molecular flexibility index (Phi) is 8.33. The molecule has 2 aliphatic carbocycles. The van der Waals surface area contributed by atoms with Crippen LogP contribution in [0.3, 0.4) is 0 Å². The normalized spacial score (nSPS) is 28.5. The fraction of sp³-hybridized carbons (Fsp3) is 0.519. The first kappa shape index (κ1) is 25.5. The van der Waals surface area contributed by atoms with Crippen molar-refractivity contribution in [2.75, 3.05) is 0 Å². The van der Waals surface area contributed by atoms with Crippen LogP contribution in [0.15, 0.2) is 48.5 Å². The van der Waals surface area contributed by atoms with Crippen LogP contribution in [0.4, 0.5) is 0 Å². The van der Waals surface area contributed by atoms with Gasteiger partial charge in [0.25, 0.3) is 0 Å². The van der Waals surface area contributed by atoms with Crippen LogP contribution in [0.5, 0.6) is 0 Å². The van der Waals surface area contributed by atoms with E-state index in [2.05, 4.69) is 44.8 Å². The van der Waals surface area contributed by atoms with Crippen LogP contribution in [0.1, 0.15) is 47.0 Å². The van der Waals surface area contributed by atoms with E-state index >= 15 is 0 Å². The predicted octanol–water partition coefficient (Wildman–Crippen LogP) is 6.20. The Labute approximate surface area is 209 Å². The maximum Gasteiger partial charge on any atom is 0.0697 e. The van der Waals surface area contributed by atoms with Crippen molar-refractivity contribution in [1.29, 1.82) is 0 Å². The molecule has 2 aromatic carbocycles. The number of para-hydroxylation sites is 1. The van der Waals surface area contributed by atoms with Gasteiger partial charge in [0, 0.05) is 35.7 Å². The number of hydrogen-bond acceptors (Lipinski definition) is 4. The molecular formula is C27H34IrNO2S-. The zero-order chi connectivity index (χ0) is 22.2. The van der Waals surface area contributed by atoms with E-state index in [0.717, 1.165) is 28.9 Å². The van der Waals surface area contributed by atoms with Gasteiger partial charge in [0.2, 0.25) is 0 Å². The first-order valence-corrected chi connectivity index (χ1v) is 12.3. The summed E-state index contributed by atoms with van der Waals surface area (Å²) in [5, 5.41) is 21.9. The molecule has 5 rings (SSSR count). The first-order valence-electron chi connectivity index (χ1n) is 11.5. The molecule has 1 heterocycles. The molecule has 0 spiro atoms. The van der Waals surface area contributed by atoms with Crippen LogP contribution >= 0.6 is 11.3 Å². The Morgan fingerprint density at radius 3 is 2.47 bits per heavy atom. The van der Waals surface area contributed by atoms with E-state index in [9.17, 15) is 10.2 Å². The zero-order valence-corrected chi connectivity index (χ0v) is 22.5. The maximum absolute atomic E-state index is 10.4. The van der Waals surface area contributed by atoms with Gasteiger partial charge in [-0.25, -0.2) is 0 Å². The number of fused-ring (bicyclic) bond motifs is 2. The standard InChI is InChI=1S/C14H26O2.C13H8NS.Ir/c1-8(2)10-7-9-5-6-14(3,4)13(16)11(9)12(10)15;1-2-6-10(7-3-1)13-14-11-8-4-5-9-12(11)15-13;/h8-13,15-16H,5-7H2,1-4H3;1-6,8-9H;/q;-1;/t9?,10-,11?,12?,13?;;/m0../s1. The number of aromatic nitrogens is 1. The fourth-order valence-corrected chi connectivity index (χ4v) is 6.33. The van der Waals surface area contributed by atoms with E-state index in [-0.39, 0.29) is 43.6 Å². The molecule has 5 atom stereocenters. The quantitative estimate of drug-likeness (QED) is 0.333. The van der Waals surface area contributed by atoms with Crippen LogP contribution in [-0.2, 0) is 20.1 Å². The average Bonchev–Trinajstić information content (AvgIpc) is 3.34. The zero-order valence-electron chi connectivity index (χ0n) is 19.3. The van der Waals surface area contributed by atoms with E-state index in [0.29, 0.717) is 17.8 Å². The van der Waals surface area contributed by atoms with Gasteiger partial charge in [-0.05, 0) is 54.6 Å². The fourth-order valence-electron chi connectivity index (χ4n) is 5.37. The molecule has 2 aliphatic rings. The van der Waals surface area contributed by atoms with Crippen LogP contribution in [-0.4, -0.2) is 27.4 Å². The van der Waals surface area contributed by atoms with Crippen molar-refractivity contribution in [3.63, 3.8) is 0 Å². The number of benzene rings is 2. The second kappa shape index (κ2) is 10.4. The monoisotopic (exact) mass is 629 g/mol. The number of thiazole rings is 1. The van der Waals surface area contributed by atoms with Crippen molar-refractivity contribution < 1.29 is 30.3 Å². The summed E-state index contributed by atoms with van der Waals surface area (Å²) < 4.78 is 1.23. The molecule has 2 N–H and O–H groups in total. The summed E-state index contributed by atoms with van der Waals surface area (Å²) in [4.78, 5) is 4.57. The van der Waals surface area contributed by atoms with Gasteiger partial charge in [-0.2, -0.15) is 11.3 Å². The van der Waals surface area contributed by atoms with Crippen LogP contribution < -0.4 is 0 Å². The molecule has 5 heteroatoms. The van der Waals surface area contributed by atoms with Gasteiger partial charge in [-0.15, -0.1) is 35.9 Å². The Morgan fingerprint density at radius 1 is 1.09 bits per heavy atom. The van der Waals surface area contributed by atoms with Gasteiger partial charge >= 0.3 is 0 Å². The molecule has 3 nitrogen and oxygen atoms in total. The average molecular weight is 629 g/mol. The molecule has 3 aromatic rings. The third-order valence-corrected chi connectivity index (χ3v) is 8.44. The smallest absolute Gasteiger partial charge is 0.0697 e. The van der Waals surface area contributed by atoms with Crippen molar-refractivity contribution >= 4 is 21.6 Å². The van der Waals surface area contributed by atoms with Gasteiger partial charge in [-0.1, -0.05) is 39.8 Å². The Morgan fingerprint density at radius 2 is 1.81 bits per heavy atom. The van der Waals surface area contributed by atoms with Crippen LogP contribution in [0.2, 0.25) is 0 Å². The summed E-state index contributed by atoms with van der Waals surface area (Å²) in [5.74, 6) is 1.58. The number of rotatable bonds is 2. The van der Waals surface area contributed by atoms with E-state index in [1.165, 1.54) is 11.1 Å². The summed E-state index contributed by atoms with van der Waals surface area (Å²) in [6.07, 6.45) is 2.75. The molecule has 0 amide bonds. The number of nitrogens with zero attached hydrogens (tertiary/aromatic N) is 1. The molecule has 1 aromatic heterocycles. The molecule has 2 fully saturated rings. The summed E-state index contributed by atoms with van der Waals surface area (Å²) in [5.41, 5.74) is 2.11. The molecule has 1 radical (unpaired) electrons. The van der Waals surface area contributed by atoms with E-state index in [4.69, 9.17) is 0 Å². The molecule has 0 saturated heterocycles. The van der Waals surface area contributed by atoms with E-state index < -0.39 is 0 Å². The SMILES string of the molecule is CC(C)[C@@H]1CC2CCC(C)(C)C(O)C2C1O.[Ir].[c-]1ccccc1-c1nc2ccccc2s1. The van der Waals surface area contributed by atoms with Crippen molar-refractivity contribution in [3.8, 4) is 10.6 Å². The first-order chi connectivity index (χ1) is 14.8. The molecule has 2 saturated carbocycles. The second-order valence-electron chi connectivity index (χ2n) is 10.2. The minimum Gasteiger partial charge on any atom is -0.392 e. The van der Waals surface area contributed by atoms with E-state index in [1.54, 1.807) is 11.3 Å². The minimum absolute atomic E-state index is 0. The van der Waals surface area contributed by atoms with Gasteiger partial charge in [0.1, 0.15) is 0 Å². The summed E-state index contributed by atoms with van der Waals surface area (Å²) in [7, 11) is 0. The van der Waals surface area contributed by atoms with Gasteiger partial charge < -0.3 is 10.2 Å². The predicted molar refractivity (Wildman–Crippen MR) is 129 cm³/mol. The number of aliphatic hydroxyl groups is 2. The number of aliphatic hydroxyl groups excluding tert-OH is 2. The van der Waals surface area contributed by atoms with Crippen molar-refractivity contribution in [2.24, 2.45) is 29.1 Å². The van der Waals surface area contributed by atoms with Crippen LogP contribution in [0.25, 0.3) is 20.8 Å². The van der Waals surface area contributed by atoms with E-state index in [1.807, 2.05) is 42.5 Å². The number of hydrogen-bond donors (Lipinski definition) is 2. The second-order valence-corrected chi connectivity index (χ2v) is 11.2. The third kappa shape index (κ3) is 5.18. The topological polar surface area (TPSA) is 53.4 Å². The third-order valence-electron chi connectivity index (χ3n) is 7.37. The Hall–Kier alpha value is -1.10. The van der Waals surface area contributed by atoms with Crippen molar-refractivity contribution in [1.82, 2.24) is 4.98 Å². The largest absolute Gasteiger partial charge is 0.392 e. The van der Waals surface area contributed by atoms with Gasteiger partial charge in [0.15, 0.2) is 0 Å². The Bertz CT molecular complexity index is 970. The Balaban J connectivity index is 0.000000175. The summed E-state index contributed by atoms with van der Waals surface area (Å²) >= 11 is 1.71. The van der Waals surface area contributed by atoms with Crippen molar-refractivity contribution in [3.05, 3.63) is 54.6 Å². The molecule has 0 aliphatic heterocycles. The summed E-state index contributed by atoms with van der Waals surface area (Å²) in [6, 6.07) is 19.3. The summed E-state index contributed by atoms with van der Waals surface area (Å²) in [6.45, 7) is 8.62. The molecule has 4 unspecified atom stereocenters. The minimum atomic E-state index is -0.329. The molecule has 32 heavy (non-hydrogen) atoms. The van der Waals surface area contributed by atoms with Gasteiger partial charge in [-0.3, -0.25) is 4.98 Å². The van der Waals surface area contributed by atoms with Crippen LogP contribution in [0, 0.1) is 35.2 Å². The van der Waals surface area contributed by atoms with Gasteiger partial charge in [0.05, 0.1) is 17.7 Å². The maximum atomic E-state index is 10.4. The molecule has 175 valence electrons. The van der Waals surface area contributed by atoms with Crippen molar-refractivity contribution in [2.45, 2.75) is 59.2 Å². The molecular weight excluding hydrogens is 595 g/mol.